The van der Waals surface area contributed by atoms with Crippen molar-refractivity contribution in [1.82, 2.24) is 14.8 Å². The summed E-state index contributed by atoms with van der Waals surface area (Å²) >= 11 is 0. The van der Waals surface area contributed by atoms with Gasteiger partial charge in [-0.15, -0.1) is 0 Å². The van der Waals surface area contributed by atoms with Crippen molar-refractivity contribution < 1.29 is 28.2 Å². The van der Waals surface area contributed by atoms with E-state index in [4.69, 9.17) is 9.47 Å². The molecule has 0 N–H and O–H groups in total. The number of ether oxygens (including phenoxy) is 2. The molecular weight excluding hydrogens is 455 g/mol. The normalized spacial score (nSPS) is 19.2. The summed E-state index contributed by atoms with van der Waals surface area (Å²) in [6.07, 6.45) is 3.17. The number of carbonyl (C=O) groups excluding carboxylic acids is 3. The smallest absolute Gasteiger partial charge is 0.268 e. The lowest BCUT2D eigenvalue weighted by molar-refractivity contribution is -0.129. The van der Waals surface area contributed by atoms with Crippen molar-refractivity contribution in [3.63, 3.8) is 0 Å². The van der Waals surface area contributed by atoms with Crippen LogP contribution in [0, 0.1) is 11.7 Å². The van der Waals surface area contributed by atoms with Gasteiger partial charge in [-0.2, -0.15) is 0 Å². The molecule has 5 rings (SSSR count). The SMILES string of the molecule is CN(C)C(=O)CN1Cc2ccc(N3CC[C@@H](Oc4cnc(OCC5CC5)c(F)c4)C3=O)cc2C1=O. The number of carbonyl (C=O) groups is 3. The lowest BCUT2D eigenvalue weighted by Crippen LogP contribution is -2.36. The molecule has 1 atom stereocenters. The standard InChI is InChI=1S/C25H27FN4O5/c1-28(2)22(31)13-29-12-16-5-6-17(9-19(16)24(29)32)30-8-7-21(25(30)33)35-18-10-20(26)23(27-11-18)34-14-15-3-4-15/h5-6,9-11,15,21H,3-4,7-8,12-14H2,1-2H3/t21-/m1/s1. The van der Waals surface area contributed by atoms with Gasteiger partial charge >= 0.3 is 0 Å². The minimum Gasteiger partial charge on any atom is -0.479 e. The molecule has 1 aliphatic carbocycles. The van der Waals surface area contributed by atoms with Crippen molar-refractivity contribution in [1.29, 1.82) is 0 Å². The van der Waals surface area contributed by atoms with E-state index in [0.29, 0.717) is 43.3 Å². The molecule has 3 aliphatic rings. The van der Waals surface area contributed by atoms with Crippen molar-refractivity contribution in [2.45, 2.75) is 31.9 Å². The first-order chi connectivity index (χ1) is 16.8. The molecule has 1 saturated heterocycles. The monoisotopic (exact) mass is 482 g/mol. The molecule has 1 aromatic heterocycles. The third-order valence-electron chi connectivity index (χ3n) is 6.48. The molecule has 2 aliphatic heterocycles. The second kappa shape index (κ2) is 9.16. The van der Waals surface area contributed by atoms with Crippen LogP contribution in [0.25, 0.3) is 0 Å². The van der Waals surface area contributed by atoms with Crippen LogP contribution in [-0.4, -0.2) is 72.4 Å². The number of amides is 3. The Hall–Kier alpha value is -3.69. The quantitative estimate of drug-likeness (QED) is 0.573. The van der Waals surface area contributed by atoms with Crippen LogP contribution < -0.4 is 14.4 Å². The maximum atomic E-state index is 14.3. The maximum Gasteiger partial charge on any atom is 0.268 e. The summed E-state index contributed by atoms with van der Waals surface area (Å²) in [6.45, 7) is 1.21. The summed E-state index contributed by atoms with van der Waals surface area (Å²) in [5.74, 6) is -0.715. The number of rotatable bonds is 8. The highest BCUT2D eigenvalue weighted by Gasteiger charge is 2.36. The van der Waals surface area contributed by atoms with Crippen molar-refractivity contribution in [2.75, 3.05) is 38.7 Å². The van der Waals surface area contributed by atoms with Crippen molar-refractivity contribution >= 4 is 23.4 Å². The molecule has 2 aromatic rings. The lowest BCUT2D eigenvalue weighted by atomic mass is 10.1. The van der Waals surface area contributed by atoms with E-state index in [-0.39, 0.29) is 35.9 Å². The third-order valence-corrected chi connectivity index (χ3v) is 6.48. The number of pyridine rings is 1. The molecule has 1 aromatic carbocycles. The third kappa shape index (κ3) is 4.78. The number of aromatic nitrogens is 1. The molecule has 35 heavy (non-hydrogen) atoms. The Morgan fingerprint density at radius 2 is 2.00 bits per heavy atom. The van der Waals surface area contributed by atoms with E-state index in [2.05, 4.69) is 4.98 Å². The van der Waals surface area contributed by atoms with E-state index >= 15 is 0 Å². The highest BCUT2D eigenvalue weighted by molar-refractivity contribution is 6.03. The molecule has 0 spiro atoms. The fraction of sp³-hybridized carbons (Fsp3) is 0.440. The molecule has 184 valence electrons. The summed E-state index contributed by atoms with van der Waals surface area (Å²) in [4.78, 5) is 46.4. The van der Waals surface area contributed by atoms with E-state index in [1.165, 1.54) is 22.1 Å². The van der Waals surface area contributed by atoms with Gasteiger partial charge in [-0.25, -0.2) is 9.37 Å². The van der Waals surface area contributed by atoms with Gasteiger partial charge in [0.25, 0.3) is 17.7 Å². The highest BCUT2D eigenvalue weighted by Crippen LogP contribution is 2.32. The fourth-order valence-electron chi connectivity index (χ4n) is 4.19. The average molecular weight is 483 g/mol. The van der Waals surface area contributed by atoms with Crippen molar-refractivity contribution in [3.05, 3.63) is 47.4 Å². The van der Waals surface area contributed by atoms with Gasteiger partial charge in [0.15, 0.2) is 11.9 Å². The van der Waals surface area contributed by atoms with Gasteiger partial charge in [0.2, 0.25) is 5.91 Å². The summed E-state index contributed by atoms with van der Waals surface area (Å²) < 4.78 is 25.5. The van der Waals surface area contributed by atoms with Crippen LogP contribution in [0.1, 0.15) is 35.2 Å². The lowest BCUT2D eigenvalue weighted by Gasteiger charge is -2.18. The first-order valence-electron chi connectivity index (χ1n) is 11.7. The Balaban J connectivity index is 1.23. The van der Waals surface area contributed by atoms with Crippen molar-refractivity contribution in [3.8, 4) is 11.6 Å². The first kappa shape index (κ1) is 23.1. The van der Waals surface area contributed by atoms with Gasteiger partial charge < -0.3 is 24.2 Å². The highest BCUT2D eigenvalue weighted by atomic mass is 19.1. The van der Waals surface area contributed by atoms with Gasteiger partial charge in [0, 0.05) is 50.9 Å². The zero-order valence-electron chi connectivity index (χ0n) is 19.7. The summed E-state index contributed by atoms with van der Waals surface area (Å²) in [5, 5.41) is 0. The van der Waals surface area contributed by atoms with E-state index in [0.717, 1.165) is 18.4 Å². The van der Waals surface area contributed by atoms with Gasteiger partial charge in [0.1, 0.15) is 12.3 Å². The van der Waals surface area contributed by atoms with E-state index in [1.54, 1.807) is 31.1 Å². The number of benzene rings is 1. The predicted molar refractivity (Wildman–Crippen MR) is 124 cm³/mol. The Bertz CT molecular complexity index is 1180. The van der Waals surface area contributed by atoms with E-state index in [9.17, 15) is 18.8 Å². The number of likely N-dealkylation sites (N-methyl/N-ethyl adjacent to an activating group) is 1. The first-order valence-corrected chi connectivity index (χ1v) is 11.7. The van der Waals surface area contributed by atoms with Crippen LogP contribution in [0.3, 0.4) is 0 Å². The summed E-state index contributed by atoms with van der Waals surface area (Å²) in [6, 6.07) is 6.47. The number of halogens is 1. The molecular formula is C25H27FN4O5. The van der Waals surface area contributed by atoms with Crippen LogP contribution in [0.2, 0.25) is 0 Å². The molecule has 2 fully saturated rings. The Morgan fingerprint density at radius 1 is 1.20 bits per heavy atom. The van der Waals surface area contributed by atoms with Gasteiger partial charge in [-0.3, -0.25) is 14.4 Å². The molecule has 0 radical (unpaired) electrons. The van der Waals surface area contributed by atoms with Gasteiger partial charge in [-0.05, 0) is 36.5 Å². The zero-order chi connectivity index (χ0) is 24.7. The predicted octanol–water partition coefficient (Wildman–Crippen LogP) is 2.24. The number of fused-ring (bicyclic) bond motifs is 1. The number of hydrogen-bond donors (Lipinski definition) is 0. The van der Waals surface area contributed by atoms with Crippen LogP contribution in [0.15, 0.2) is 30.5 Å². The second-order valence-corrected chi connectivity index (χ2v) is 9.39. The molecule has 3 heterocycles. The Labute approximate surface area is 202 Å². The van der Waals surface area contributed by atoms with E-state index < -0.39 is 11.9 Å². The Kier molecular flexibility index (Phi) is 6.04. The molecule has 3 amide bonds. The second-order valence-electron chi connectivity index (χ2n) is 9.39. The average Bonchev–Trinajstić information content (AvgIpc) is 3.53. The Morgan fingerprint density at radius 3 is 2.71 bits per heavy atom. The largest absolute Gasteiger partial charge is 0.479 e. The van der Waals surface area contributed by atoms with Gasteiger partial charge in [-0.1, -0.05) is 6.07 Å². The topological polar surface area (TPSA) is 92.3 Å². The van der Waals surface area contributed by atoms with Crippen LogP contribution in [-0.2, 0) is 16.1 Å². The minimum atomic E-state index is -0.785. The van der Waals surface area contributed by atoms with Crippen LogP contribution in [0.4, 0.5) is 10.1 Å². The number of hydrogen-bond acceptors (Lipinski definition) is 6. The molecule has 9 nitrogen and oxygen atoms in total. The zero-order valence-corrected chi connectivity index (χ0v) is 19.7. The fourth-order valence-corrected chi connectivity index (χ4v) is 4.19. The minimum absolute atomic E-state index is 0.00338. The molecule has 1 saturated carbocycles. The summed E-state index contributed by atoms with van der Waals surface area (Å²) in [7, 11) is 3.29. The van der Waals surface area contributed by atoms with Crippen molar-refractivity contribution in [2.24, 2.45) is 5.92 Å². The molecule has 0 bridgehead atoms. The molecule has 0 unspecified atom stereocenters. The number of nitrogens with zero attached hydrogens (tertiary/aromatic N) is 4. The van der Waals surface area contributed by atoms with Crippen LogP contribution >= 0.6 is 0 Å². The van der Waals surface area contributed by atoms with Crippen LogP contribution in [0.5, 0.6) is 11.6 Å². The van der Waals surface area contributed by atoms with E-state index in [1.807, 2.05) is 6.07 Å². The molecule has 10 heteroatoms. The van der Waals surface area contributed by atoms with Gasteiger partial charge in [0.05, 0.1) is 12.8 Å². The number of anilines is 1. The summed E-state index contributed by atoms with van der Waals surface area (Å²) in [5.41, 5.74) is 1.89. The maximum absolute atomic E-state index is 14.3.